The van der Waals surface area contributed by atoms with Crippen LogP contribution in [-0.4, -0.2) is 41.8 Å². The van der Waals surface area contributed by atoms with Crippen molar-refractivity contribution in [3.63, 3.8) is 0 Å². The van der Waals surface area contributed by atoms with Gasteiger partial charge in [0.1, 0.15) is 5.01 Å². The lowest BCUT2D eigenvalue weighted by Crippen LogP contribution is -2.28. The fourth-order valence-electron chi connectivity index (χ4n) is 4.23. The van der Waals surface area contributed by atoms with Crippen molar-refractivity contribution in [3.8, 4) is 12.8 Å². The first-order chi connectivity index (χ1) is 21.1. The van der Waals surface area contributed by atoms with Crippen molar-refractivity contribution in [3.05, 3.63) is 117 Å². The van der Waals surface area contributed by atoms with Gasteiger partial charge in [0.2, 0.25) is 0 Å². The molecule has 2 amide bonds. The predicted molar refractivity (Wildman–Crippen MR) is 184 cm³/mol. The number of nitrogens with two attached hydrogens (primary N) is 1. The van der Waals surface area contributed by atoms with Gasteiger partial charge in [-0.25, -0.2) is 4.98 Å². The van der Waals surface area contributed by atoms with Gasteiger partial charge in [-0.15, -0.1) is 24.2 Å². The molecular weight excluding hydrogens is 566 g/mol. The van der Waals surface area contributed by atoms with E-state index in [0.29, 0.717) is 30.1 Å². The van der Waals surface area contributed by atoms with Crippen LogP contribution in [0.4, 0.5) is 5.69 Å². The summed E-state index contributed by atoms with van der Waals surface area (Å²) in [6.07, 6.45) is 8.79. The zero-order valence-corrected chi connectivity index (χ0v) is 27.3. The van der Waals surface area contributed by atoms with Crippen molar-refractivity contribution < 1.29 is 9.59 Å². The molecule has 7 nitrogen and oxygen atoms in total. The fraction of sp³-hybridized carbons (Fsp3) is 0.306. The average molecular weight is 612 g/mol. The maximum Gasteiger partial charge on any atom is 0.253 e. The number of hydrogen-bond acceptors (Lipinski definition) is 6. The van der Waals surface area contributed by atoms with E-state index in [2.05, 4.69) is 67.4 Å². The van der Waals surface area contributed by atoms with Gasteiger partial charge in [-0.05, 0) is 74.2 Å². The Balaban J connectivity index is 0.000000649. The summed E-state index contributed by atoms with van der Waals surface area (Å²) in [5.74, 6) is 0.109. The molecule has 0 aliphatic heterocycles. The molecule has 0 saturated heterocycles. The summed E-state index contributed by atoms with van der Waals surface area (Å²) in [5.41, 5.74) is 12.4. The van der Waals surface area contributed by atoms with Crippen LogP contribution in [0, 0.1) is 26.7 Å². The van der Waals surface area contributed by atoms with Crippen molar-refractivity contribution in [2.45, 2.75) is 53.1 Å². The Labute approximate surface area is 266 Å². The molecule has 44 heavy (non-hydrogen) atoms. The van der Waals surface area contributed by atoms with Crippen LogP contribution in [-0.2, 0) is 13.1 Å². The van der Waals surface area contributed by atoms with Gasteiger partial charge in [0.15, 0.2) is 0 Å². The van der Waals surface area contributed by atoms with Gasteiger partial charge in [0.25, 0.3) is 11.8 Å². The molecule has 0 bridgehead atoms. The first kappa shape index (κ1) is 35.7. The van der Waals surface area contributed by atoms with Crippen LogP contribution in [0.25, 0.3) is 0 Å². The molecule has 1 heterocycles. The molecular formula is C36H45N5O2S. The summed E-state index contributed by atoms with van der Waals surface area (Å²) in [6.45, 7) is 10.8. The summed E-state index contributed by atoms with van der Waals surface area (Å²) >= 11 is 1.53. The summed E-state index contributed by atoms with van der Waals surface area (Å²) in [6, 6.07) is 23.3. The number of anilines is 1. The Morgan fingerprint density at radius 2 is 1.66 bits per heavy atom. The number of benzene rings is 3. The lowest BCUT2D eigenvalue weighted by molar-refractivity contribution is 0.0785. The van der Waals surface area contributed by atoms with E-state index >= 15 is 0 Å². The highest BCUT2D eigenvalue weighted by Crippen LogP contribution is 2.20. The fourth-order valence-corrected chi connectivity index (χ4v) is 5.05. The molecule has 4 rings (SSSR count). The number of amides is 2. The average Bonchev–Trinajstić information content (AvgIpc) is 3.43. The lowest BCUT2D eigenvalue weighted by atomic mass is 10.00. The highest BCUT2D eigenvalue weighted by Gasteiger charge is 2.15. The van der Waals surface area contributed by atoms with E-state index in [0.717, 1.165) is 41.5 Å². The molecule has 8 heteroatoms. The van der Waals surface area contributed by atoms with Gasteiger partial charge < -0.3 is 21.3 Å². The number of carbonyl (C=O) groups excluding carboxylic acids is 2. The number of hydrogen-bond donors (Lipinski definition) is 3. The molecule has 0 radical (unpaired) electrons. The van der Waals surface area contributed by atoms with Crippen molar-refractivity contribution in [2.75, 3.05) is 25.9 Å². The summed E-state index contributed by atoms with van der Waals surface area (Å²) in [7, 11) is 1.74. The first-order valence-corrected chi connectivity index (χ1v) is 15.5. The Kier molecular flexibility index (Phi) is 15.4. The number of nitrogens with zero attached hydrogens (tertiary/aromatic N) is 2. The standard InChI is InChI=1S/C27H35N5O2S.C7H8.C2H2/c1-18(2)23-11-20(12-24(28)14-23)15-29-9-6-10-30-26(33)21-7-5-8-22(13-21)27(34)32(4)16-25-31-19(3)17-35-25;1-7-5-3-2-4-6-7;1-2/h5,7-8,11-14,17-18,29H,6,9-10,15-16,28H2,1-4H3,(H,30,33);2-6H,1H3;1-2H. The number of nitrogens with one attached hydrogen (secondary N) is 2. The first-order valence-electron chi connectivity index (χ1n) is 14.6. The number of nitrogen functional groups attached to an aromatic ring is 1. The molecule has 0 unspecified atom stereocenters. The van der Waals surface area contributed by atoms with Crippen LogP contribution in [0.5, 0.6) is 0 Å². The van der Waals surface area contributed by atoms with Gasteiger partial charge in [-0.2, -0.15) is 0 Å². The van der Waals surface area contributed by atoms with Crippen LogP contribution in [0.3, 0.4) is 0 Å². The van der Waals surface area contributed by atoms with E-state index in [1.54, 1.807) is 36.2 Å². The number of carbonyl (C=O) groups is 2. The smallest absolute Gasteiger partial charge is 0.253 e. The van der Waals surface area contributed by atoms with Crippen LogP contribution in [0.2, 0.25) is 0 Å². The number of rotatable bonds is 11. The van der Waals surface area contributed by atoms with Gasteiger partial charge in [-0.3, -0.25) is 9.59 Å². The van der Waals surface area contributed by atoms with E-state index in [9.17, 15) is 9.59 Å². The topological polar surface area (TPSA) is 100 Å². The molecule has 0 spiro atoms. The van der Waals surface area contributed by atoms with Crippen LogP contribution in [0.1, 0.15) is 74.3 Å². The van der Waals surface area contributed by atoms with Crippen molar-refractivity contribution in [2.24, 2.45) is 0 Å². The number of aryl methyl sites for hydroxylation is 2. The van der Waals surface area contributed by atoms with Gasteiger partial charge in [0.05, 0.1) is 6.54 Å². The summed E-state index contributed by atoms with van der Waals surface area (Å²) < 4.78 is 0. The molecule has 0 fully saturated rings. The summed E-state index contributed by atoms with van der Waals surface area (Å²) in [5, 5.41) is 9.19. The molecule has 3 aromatic carbocycles. The molecule has 232 valence electrons. The van der Waals surface area contributed by atoms with Gasteiger partial charge >= 0.3 is 0 Å². The quantitative estimate of drug-likeness (QED) is 0.101. The Hall–Kier alpha value is -4.45. The largest absolute Gasteiger partial charge is 0.399 e. The van der Waals surface area contributed by atoms with E-state index in [-0.39, 0.29) is 11.8 Å². The van der Waals surface area contributed by atoms with Crippen LogP contribution < -0.4 is 16.4 Å². The van der Waals surface area contributed by atoms with Crippen LogP contribution >= 0.6 is 11.3 Å². The zero-order chi connectivity index (χ0) is 32.5. The van der Waals surface area contributed by atoms with Crippen molar-refractivity contribution >= 4 is 28.8 Å². The third-order valence-electron chi connectivity index (χ3n) is 6.55. The third kappa shape index (κ3) is 12.4. The van der Waals surface area contributed by atoms with Crippen molar-refractivity contribution in [1.29, 1.82) is 0 Å². The molecule has 4 N–H and O–H groups in total. The maximum atomic E-state index is 12.8. The lowest BCUT2D eigenvalue weighted by Gasteiger charge is -2.16. The highest BCUT2D eigenvalue weighted by molar-refractivity contribution is 7.09. The minimum absolute atomic E-state index is 0.140. The molecule has 0 saturated carbocycles. The SMILES string of the molecule is C#C.Cc1ccccc1.Cc1csc(CN(C)C(=O)c2cccc(C(=O)NCCCNCc3cc(N)cc(C(C)C)c3)c2)n1. The van der Waals surface area contributed by atoms with E-state index in [1.807, 2.05) is 42.6 Å². The normalized spacial score (nSPS) is 10.2. The minimum Gasteiger partial charge on any atom is -0.399 e. The number of aromatic nitrogens is 1. The second-order valence-corrected chi connectivity index (χ2v) is 11.7. The highest BCUT2D eigenvalue weighted by atomic mass is 32.1. The molecule has 0 atom stereocenters. The van der Waals surface area contributed by atoms with Crippen LogP contribution in [0.15, 0.2) is 78.2 Å². The predicted octanol–water partition coefficient (Wildman–Crippen LogP) is 6.58. The van der Waals surface area contributed by atoms with Gasteiger partial charge in [-0.1, -0.05) is 61.9 Å². The molecule has 0 aliphatic rings. The molecule has 0 aliphatic carbocycles. The van der Waals surface area contributed by atoms with Gasteiger partial charge in [0, 0.05) is 48.0 Å². The summed E-state index contributed by atoms with van der Waals surface area (Å²) in [4.78, 5) is 31.4. The van der Waals surface area contributed by atoms with E-state index in [1.165, 1.54) is 22.5 Å². The maximum absolute atomic E-state index is 12.8. The molecule has 1 aromatic heterocycles. The Morgan fingerprint density at radius 1 is 0.955 bits per heavy atom. The minimum atomic E-state index is -0.185. The number of terminal acetylenes is 1. The molecule has 4 aromatic rings. The third-order valence-corrected chi connectivity index (χ3v) is 7.50. The second kappa shape index (κ2) is 19.0. The zero-order valence-electron chi connectivity index (χ0n) is 26.5. The van der Waals surface area contributed by atoms with E-state index < -0.39 is 0 Å². The Bertz CT molecular complexity index is 1480. The number of thiazole rings is 1. The second-order valence-electron chi connectivity index (χ2n) is 10.7. The Morgan fingerprint density at radius 3 is 2.27 bits per heavy atom. The van der Waals surface area contributed by atoms with Crippen molar-refractivity contribution in [1.82, 2.24) is 20.5 Å². The monoisotopic (exact) mass is 611 g/mol. The van der Waals surface area contributed by atoms with E-state index in [4.69, 9.17) is 5.73 Å².